The summed E-state index contributed by atoms with van der Waals surface area (Å²) in [5.74, 6) is -0.840. The average molecular weight is 250 g/mol. The molecule has 1 aromatic carbocycles. The standard InChI is InChI=1S/C12H11FN2OS/c13-9-1-2-11(14)10(5-9)12(16)15-6-8-3-4-17-7-8/h1-5,7H,6,14H2,(H,15,16). The van der Waals surface area contributed by atoms with Crippen molar-refractivity contribution in [2.24, 2.45) is 0 Å². The van der Waals surface area contributed by atoms with Crippen LogP contribution in [0.2, 0.25) is 0 Å². The van der Waals surface area contributed by atoms with Crippen molar-refractivity contribution in [3.8, 4) is 0 Å². The number of carbonyl (C=O) groups is 1. The molecule has 0 spiro atoms. The van der Waals surface area contributed by atoms with Gasteiger partial charge in [-0.3, -0.25) is 4.79 Å². The van der Waals surface area contributed by atoms with Crippen molar-refractivity contribution < 1.29 is 9.18 Å². The van der Waals surface area contributed by atoms with E-state index in [4.69, 9.17) is 5.73 Å². The summed E-state index contributed by atoms with van der Waals surface area (Å²) in [6, 6.07) is 5.66. The fourth-order valence-electron chi connectivity index (χ4n) is 1.40. The predicted octanol–water partition coefficient (Wildman–Crippen LogP) is 2.40. The summed E-state index contributed by atoms with van der Waals surface area (Å²) in [7, 11) is 0. The van der Waals surface area contributed by atoms with E-state index in [1.807, 2.05) is 16.8 Å². The predicted molar refractivity (Wildman–Crippen MR) is 66.3 cm³/mol. The van der Waals surface area contributed by atoms with Crippen LogP contribution < -0.4 is 11.1 Å². The lowest BCUT2D eigenvalue weighted by molar-refractivity contribution is 0.0951. The van der Waals surface area contributed by atoms with Gasteiger partial charge < -0.3 is 11.1 Å². The van der Waals surface area contributed by atoms with Crippen molar-refractivity contribution >= 4 is 22.9 Å². The normalized spacial score (nSPS) is 10.2. The van der Waals surface area contributed by atoms with Gasteiger partial charge in [0.05, 0.1) is 5.56 Å². The Kier molecular flexibility index (Phi) is 3.39. The largest absolute Gasteiger partial charge is 0.398 e. The monoisotopic (exact) mass is 250 g/mol. The van der Waals surface area contributed by atoms with Gasteiger partial charge in [-0.15, -0.1) is 0 Å². The molecule has 3 N–H and O–H groups in total. The number of nitrogens with two attached hydrogens (primary N) is 1. The number of hydrogen-bond acceptors (Lipinski definition) is 3. The molecule has 0 aliphatic carbocycles. The molecule has 0 aliphatic heterocycles. The van der Waals surface area contributed by atoms with Gasteiger partial charge in [0.25, 0.3) is 5.91 Å². The number of anilines is 1. The topological polar surface area (TPSA) is 55.1 Å². The summed E-state index contributed by atoms with van der Waals surface area (Å²) in [6.07, 6.45) is 0. The van der Waals surface area contributed by atoms with E-state index in [1.165, 1.54) is 12.1 Å². The van der Waals surface area contributed by atoms with Gasteiger partial charge in [0.1, 0.15) is 5.82 Å². The van der Waals surface area contributed by atoms with Crippen molar-refractivity contribution in [1.29, 1.82) is 0 Å². The van der Waals surface area contributed by atoms with Crippen LogP contribution in [-0.2, 0) is 6.54 Å². The van der Waals surface area contributed by atoms with Gasteiger partial charge in [0, 0.05) is 12.2 Å². The number of benzene rings is 1. The van der Waals surface area contributed by atoms with E-state index in [2.05, 4.69) is 5.32 Å². The van der Waals surface area contributed by atoms with E-state index in [0.29, 0.717) is 6.54 Å². The summed E-state index contributed by atoms with van der Waals surface area (Å²) in [4.78, 5) is 11.8. The van der Waals surface area contributed by atoms with Gasteiger partial charge >= 0.3 is 0 Å². The Hall–Kier alpha value is -1.88. The summed E-state index contributed by atoms with van der Waals surface area (Å²) in [5.41, 5.74) is 7.07. The number of amides is 1. The van der Waals surface area contributed by atoms with Crippen LogP contribution in [0.15, 0.2) is 35.0 Å². The van der Waals surface area contributed by atoms with Crippen molar-refractivity contribution in [2.45, 2.75) is 6.54 Å². The van der Waals surface area contributed by atoms with E-state index >= 15 is 0 Å². The Morgan fingerprint density at radius 3 is 2.94 bits per heavy atom. The highest BCUT2D eigenvalue weighted by Crippen LogP contribution is 2.13. The van der Waals surface area contributed by atoms with Crippen LogP contribution in [0.5, 0.6) is 0 Å². The minimum absolute atomic E-state index is 0.167. The molecule has 1 aromatic heterocycles. The van der Waals surface area contributed by atoms with Gasteiger partial charge in [0.2, 0.25) is 0 Å². The minimum atomic E-state index is -0.472. The van der Waals surface area contributed by atoms with Crippen molar-refractivity contribution in [2.75, 3.05) is 5.73 Å². The first-order valence-corrected chi connectivity index (χ1v) is 5.95. The third-order valence-electron chi connectivity index (χ3n) is 2.29. The van der Waals surface area contributed by atoms with Crippen LogP contribution in [-0.4, -0.2) is 5.91 Å². The Morgan fingerprint density at radius 1 is 1.41 bits per heavy atom. The van der Waals surface area contributed by atoms with Crippen LogP contribution in [0.1, 0.15) is 15.9 Å². The first-order chi connectivity index (χ1) is 8.16. The second-order valence-corrected chi connectivity index (χ2v) is 4.33. The second kappa shape index (κ2) is 4.97. The molecule has 3 nitrogen and oxygen atoms in total. The molecule has 2 rings (SSSR count). The van der Waals surface area contributed by atoms with E-state index < -0.39 is 5.82 Å². The number of thiophene rings is 1. The molecule has 1 heterocycles. The number of rotatable bonds is 3. The fraction of sp³-hybridized carbons (Fsp3) is 0.0833. The summed E-state index contributed by atoms with van der Waals surface area (Å²) < 4.78 is 13.0. The number of halogens is 1. The molecule has 2 aromatic rings. The first-order valence-electron chi connectivity index (χ1n) is 5.01. The summed E-state index contributed by atoms with van der Waals surface area (Å²) in [5, 5.41) is 6.56. The number of carbonyl (C=O) groups excluding carboxylic acids is 1. The van der Waals surface area contributed by atoms with Gasteiger partial charge in [-0.05, 0) is 40.6 Å². The third-order valence-corrected chi connectivity index (χ3v) is 3.03. The Morgan fingerprint density at radius 2 is 2.24 bits per heavy atom. The maximum atomic E-state index is 13.0. The zero-order chi connectivity index (χ0) is 12.3. The molecule has 0 aliphatic rings. The lowest BCUT2D eigenvalue weighted by Crippen LogP contribution is -2.23. The molecule has 0 atom stereocenters. The zero-order valence-corrected chi connectivity index (χ0v) is 9.76. The molecule has 0 unspecified atom stereocenters. The number of hydrogen-bond donors (Lipinski definition) is 2. The van der Waals surface area contributed by atoms with E-state index in [1.54, 1.807) is 11.3 Å². The quantitative estimate of drug-likeness (QED) is 0.822. The van der Waals surface area contributed by atoms with E-state index in [0.717, 1.165) is 11.6 Å². The molecule has 88 valence electrons. The maximum absolute atomic E-state index is 13.0. The highest BCUT2D eigenvalue weighted by molar-refractivity contribution is 7.07. The zero-order valence-electron chi connectivity index (χ0n) is 8.94. The highest BCUT2D eigenvalue weighted by atomic mass is 32.1. The SMILES string of the molecule is Nc1ccc(F)cc1C(=O)NCc1ccsc1. The Balaban J connectivity index is 2.07. The molecule has 1 amide bonds. The summed E-state index contributed by atoms with van der Waals surface area (Å²) in [6.45, 7) is 0.415. The van der Waals surface area contributed by atoms with E-state index in [-0.39, 0.29) is 17.2 Å². The lowest BCUT2D eigenvalue weighted by atomic mass is 10.1. The molecular weight excluding hydrogens is 239 g/mol. The maximum Gasteiger partial charge on any atom is 0.253 e. The van der Waals surface area contributed by atoms with Crippen molar-refractivity contribution in [1.82, 2.24) is 5.32 Å². The van der Waals surface area contributed by atoms with E-state index in [9.17, 15) is 9.18 Å². The minimum Gasteiger partial charge on any atom is -0.398 e. The van der Waals surface area contributed by atoms with Crippen LogP contribution >= 0.6 is 11.3 Å². The molecule has 0 saturated heterocycles. The summed E-state index contributed by atoms with van der Waals surface area (Å²) >= 11 is 1.56. The Labute approximate surface area is 102 Å². The fourth-order valence-corrected chi connectivity index (χ4v) is 2.06. The second-order valence-electron chi connectivity index (χ2n) is 3.55. The molecule has 5 heteroatoms. The smallest absolute Gasteiger partial charge is 0.253 e. The van der Waals surface area contributed by atoms with Crippen LogP contribution in [0.25, 0.3) is 0 Å². The first kappa shape index (κ1) is 11.6. The molecule has 0 saturated carbocycles. The lowest BCUT2D eigenvalue weighted by Gasteiger charge is -2.06. The molecular formula is C12H11FN2OS. The third kappa shape index (κ3) is 2.82. The van der Waals surface area contributed by atoms with Crippen LogP contribution in [0.3, 0.4) is 0 Å². The van der Waals surface area contributed by atoms with Crippen molar-refractivity contribution in [3.63, 3.8) is 0 Å². The van der Waals surface area contributed by atoms with Gasteiger partial charge in [-0.25, -0.2) is 4.39 Å². The number of nitrogens with one attached hydrogen (secondary N) is 1. The number of nitrogen functional groups attached to an aromatic ring is 1. The molecule has 0 bridgehead atoms. The van der Waals surface area contributed by atoms with Gasteiger partial charge in [-0.1, -0.05) is 0 Å². The highest BCUT2D eigenvalue weighted by Gasteiger charge is 2.10. The Bertz CT molecular complexity index is 525. The molecule has 17 heavy (non-hydrogen) atoms. The van der Waals surface area contributed by atoms with Crippen molar-refractivity contribution in [3.05, 3.63) is 52.0 Å². The molecule has 0 radical (unpaired) electrons. The molecule has 0 fully saturated rings. The average Bonchev–Trinajstić information content (AvgIpc) is 2.82. The van der Waals surface area contributed by atoms with Crippen LogP contribution in [0.4, 0.5) is 10.1 Å². The van der Waals surface area contributed by atoms with Gasteiger partial charge in [-0.2, -0.15) is 11.3 Å². The van der Waals surface area contributed by atoms with Crippen LogP contribution in [0, 0.1) is 5.82 Å². The van der Waals surface area contributed by atoms with Gasteiger partial charge in [0.15, 0.2) is 0 Å².